The molecule has 0 aromatic heterocycles. The topological polar surface area (TPSA) is 12.0 Å². The maximum absolute atomic E-state index is 6.38. The van der Waals surface area contributed by atoms with Crippen LogP contribution in [-0.4, -0.2) is 6.54 Å². The molecular formula is C16H16Cl3N. The number of aryl methyl sites for hydroxylation is 1. The van der Waals surface area contributed by atoms with Crippen molar-refractivity contribution in [1.29, 1.82) is 0 Å². The molecule has 1 unspecified atom stereocenters. The van der Waals surface area contributed by atoms with E-state index in [1.54, 1.807) is 6.07 Å². The Labute approximate surface area is 134 Å². The second-order valence-electron chi connectivity index (χ2n) is 4.68. The molecule has 0 aliphatic heterocycles. The minimum atomic E-state index is -0.0436. The van der Waals surface area contributed by atoms with Gasteiger partial charge in [0, 0.05) is 15.1 Å². The van der Waals surface area contributed by atoms with E-state index in [0.29, 0.717) is 10.0 Å². The van der Waals surface area contributed by atoms with Crippen molar-refractivity contribution >= 4 is 34.8 Å². The van der Waals surface area contributed by atoms with Gasteiger partial charge in [-0.3, -0.25) is 0 Å². The van der Waals surface area contributed by atoms with Gasteiger partial charge in [0.25, 0.3) is 0 Å². The molecule has 2 rings (SSSR count). The number of hydrogen-bond donors (Lipinski definition) is 1. The summed E-state index contributed by atoms with van der Waals surface area (Å²) in [4.78, 5) is 0. The molecule has 0 heterocycles. The van der Waals surface area contributed by atoms with Gasteiger partial charge in [0.1, 0.15) is 0 Å². The highest BCUT2D eigenvalue weighted by atomic mass is 35.5. The van der Waals surface area contributed by atoms with Gasteiger partial charge in [-0.1, -0.05) is 59.9 Å². The number of hydrogen-bond acceptors (Lipinski definition) is 1. The first-order valence-electron chi connectivity index (χ1n) is 6.47. The molecular weight excluding hydrogens is 313 g/mol. The van der Waals surface area contributed by atoms with E-state index in [2.05, 4.69) is 18.3 Å². The molecule has 0 amide bonds. The van der Waals surface area contributed by atoms with Crippen LogP contribution in [0.4, 0.5) is 0 Å². The lowest BCUT2D eigenvalue weighted by Gasteiger charge is -2.21. The molecule has 0 spiro atoms. The third-order valence-corrected chi connectivity index (χ3v) is 4.04. The van der Waals surface area contributed by atoms with Gasteiger partial charge in [0.05, 0.1) is 6.04 Å². The molecule has 1 atom stereocenters. The minimum Gasteiger partial charge on any atom is -0.306 e. The van der Waals surface area contributed by atoms with Crippen LogP contribution in [0.15, 0.2) is 36.4 Å². The Morgan fingerprint density at radius 3 is 2.10 bits per heavy atom. The highest BCUT2D eigenvalue weighted by molar-refractivity contribution is 6.35. The average Bonchev–Trinajstić information content (AvgIpc) is 2.37. The lowest BCUT2D eigenvalue weighted by atomic mass is 9.97. The average molecular weight is 329 g/mol. The van der Waals surface area contributed by atoms with Crippen molar-refractivity contribution in [3.63, 3.8) is 0 Å². The molecule has 0 saturated heterocycles. The van der Waals surface area contributed by atoms with Crippen LogP contribution in [-0.2, 0) is 0 Å². The second kappa shape index (κ2) is 6.82. The van der Waals surface area contributed by atoms with E-state index in [-0.39, 0.29) is 6.04 Å². The number of rotatable bonds is 4. The standard InChI is InChI=1S/C16H16Cl3N/c1-3-20-16(12-6-4-10(2)8-14(12)18)13-7-5-11(17)9-15(13)19/h4-9,16,20H,3H2,1-2H3. The number of benzene rings is 2. The van der Waals surface area contributed by atoms with Crippen molar-refractivity contribution in [1.82, 2.24) is 5.32 Å². The van der Waals surface area contributed by atoms with Crippen LogP contribution in [0.3, 0.4) is 0 Å². The lowest BCUT2D eigenvalue weighted by Crippen LogP contribution is -2.22. The first-order chi connectivity index (χ1) is 9.52. The fourth-order valence-electron chi connectivity index (χ4n) is 2.19. The van der Waals surface area contributed by atoms with E-state index in [0.717, 1.165) is 28.3 Å². The summed E-state index contributed by atoms with van der Waals surface area (Å²) in [5.74, 6) is 0. The molecule has 0 fully saturated rings. The molecule has 2 aromatic rings. The van der Waals surface area contributed by atoms with E-state index < -0.39 is 0 Å². The monoisotopic (exact) mass is 327 g/mol. The van der Waals surface area contributed by atoms with Crippen LogP contribution in [0, 0.1) is 6.92 Å². The highest BCUT2D eigenvalue weighted by Gasteiger charge is 2.18. The Morgan fingerprint density at radius 1 is 0.950 bits per heavy atom. The van der Waals surface area contributed by atoms with E-state index >= 15 is 0 Å². The third-order valence-electron chi connectivity index (χ3n) is 3.15. The Bertz CT molecular complexity index is 559. The summed E-state index contributed by atoms with van der Waals surface area (Å²) in [5, 5.41) is 5.43. The zero-order chi connectivity index (χ0) is 14.7. The molecule has 0 radical (unpaired) electrons. The first-order valence-corrected chi connectivity index (χ1v) is 7.60. The normalized spacial score (nSPS) is 12.4. The maximum atomic E-state index is 6.38. The van der Waals surface area contributed by atoms with Crippen LogP contribution in [0.25, 0.3) is 0 Å². The van der Waals surface area contributed by atoms with Gasteiger partial charge in [-0.15, -0.1) is 0 Å². The van der Waals surface area contributed by atoms with E-state index in [4.69, 9.17) is 34.8 Å². The highest BCUT2D eigenvalue weighted by Crippen LogP contribution is 2.34. The number of nitrogens with one attached hydrogen (secondary N) is 1. The molecule has 0 aliphatic rings. The van der Waals surface area contributed by atoms with Gasteiger partial charge < -0.3 is 5.32 Å². The van der Waals surface area contributed by atoms with E-state index in [1.807, 2.05) is 31.2 Å². The third kappa shape index (κ3) is 3.48. The molecule has 20 heavy (non-hydrogen) atoms. The largest absolute Gasteiger partial charge is 0.306 e. The summed E-state index contributed by atoms with van der Waals surface area (Å²) in [7, 11) is 0. The second-order valence-corrected chi connectivity index (χ2v) is 5.93. The summed E-state index contributed by atoms with van der Waals surface area (Å²) in [6, 6.07) is 11.5. The predicted molar refractivity (Wildman–Crippen MR) is 88.2 cm³/mol. The van der Waals surface area contributed by atoms with Crippen LogP contribution < -0.4 is 5.32 Å². The fourth-order valence-corrected chi connectivity index (χ4v) is 3.06. The smallest absolute Gasteiger partial charge is 0.0606 e. The molecule has 0 bridgehead atoms. The van der Waals surface area contributed by atoms with Crippen molar-refractivity contribution in [3.05, 3.63) is 68.2 Å². The Balaban J connectivity index is 2.50. The Kier molecular flexibility index (Phi) is 5.34. The fraction of sp³-hybridized carbons (Fsp3) is 0.250. The van der Waals surface area contributed by atoms with Crippen molar-refractivity contribution < 1.29 is 0 Å². The number of halogens is 3. The van der Waals surface area contributed by atoms with Gasteiger partial charge in [0.15, 0.2) is 0 Å². The van der Waals surface area contributed by atoms with E-state index in [9.17, 15) is 0 Å². The van der Waals surface area contributed by atoms with Crippen LogP contribution in [0.2, 0.25) is 15.1 Å². The van der Waals surface area contributed by atoms with Crippen molar-refractivity contribution in [2.75, 3.05) is 6.54 Å². The van der Waals surface area contributed by atoms with Crippen LogP contribution in [0.5, 0.6) is 0 Å². The minimum absolute atomic E-state index is 0.0436. The summed E-state index contributed by atoms with van der Waals surface area (Å²) in [6.07, 6.45) is 0. The van der Waals surface area contributed by atoms with Gasteiger partial charge >= 0.3 is 0 Å². The van der Waals surface area contributed by atoms with Crippen molar-refractivity contribution in [2.24, 2.45) is 0 Å². The zero-order valence-electron chi connectivity index (χ0n) is 11.4. The SMILES string of the molecule is CCNC(c1ccc(C)cc1Cl)c1ccc(Cl)cc1Cl. The van der Waals surface area contributed by atoms with Gasteiger partial charge in [-0.05, 0) is 48.4 Å². The summed E-state index contributed by atoms with van der Waals surface area (Å²) in [5.41, 5.74) is 3.13. The Morgan fingerprint density at radius 2 is 1.55 bits per heavy atom. The quantitative estimate of drug-likeness (QED) is 0.764. The van der Waals surface area contributed by atoms with Gasteiger partial charge in [0.2, 0.25) is 0 Å². The predicted octanol–water partition coefficient (Wildman–Crippen LogP) is 5.65. The molecule has 0 aliphatic carbocycles. The summed E-state index contributed by atoms with van der Waals surface area (Å²) >= 11 is 18.7. The molecule has 1 N–H and O–H groups in total. The van der Waals surface area contributed by atoms with Crippen LogP contribution in [0.1, 0.15) is 29.7 Å². The summed E-state index contributed by atoms with van der Waals surface area (Å²) < 4.78 is 0. The molecule has 2 aromatic carbocycles. The van der Waals surface area contributed by atoms with E-state index in [1.165, 1.54) is 0 Å². The summed E-state index contributed by atoms with van der Waals surface area (Å²) in [6.45, 7) is 4.89. The maximum Gasteiger partial charge on any atom is 0.0606 e. The van der Waals surface area contributed by atoms with Gasteiger partial charge in [-0.2, -0.15) is 0 Å². The molecule has 1 nitrogen and oxygen atoms in total. The molecule has 0 saturated carbocycles. The Hall–Kier alpha value is -0.730. The van der Waals surface area contributed by atoms with Gasteiger partial charge in [-0.25, -0.2) is 0 Å². The van der Waals surface area contributed by atoms with Crippen molar-refractivity contribution in [2.45, 2.75) is 19.9 Å². The first kappa shape index (κ1) is 15.7. The van der Waals surface area contributed by atoms with Crippen molar-refractivity contribution in [3.8, 4) is 0 Å². The zero-order valence-corrected chi connectivity index (χ0v) is 13.7. The molecule has 4 heteroatoms. The van der Waals surface area contributed by atoms with Crippen LogP contribution >= 0.6 is 34.8 Å². The lowest BCUT2D eigenvalue weighted by molar-refractivity contribution is 0.631. The molecule has 106 valence electrons.